The maximum atomic E-state index is 13.1. The zero-order valence-corrected chi connectivity index (χ0v) is 19.6. The van der Waals surface area contributed by atoms with Crippen molar-refractivity contribution in [3.63, 3.8) is 0 Å². The number of thioether (sulfide) groups is 1. The Morgan fingerprint density at radius 1 is 1.10 bits per heavy atom. The van der Waals surface area contributed by atoms with Crippen molar-refractivity contribution in [2.24, 2.45) is 0 Å². The van der Waals surface area contributed by atoms with Gasteiger partial charge in [0.25, 0.3) is 0 Å². The number of nitrogens with zero attached hydrogens (tertiary/aromatic N) is 1. The fourth-order valence-electron chi connectivity index (χ4n) is 3.15. The molecular weight excluding hydrogens is 408 g/mol. The molecule has 0 saturated heterocycles. The molecule has 0 bridgehead atoms. The van der Waals surface area contributed by atoms with Crippen LogP contribution in [0.2, 0.25) is 0 Å². The summed E-state index contributed by atoms with van der Waals surface area (Å²) in [4.78, 5) is 27.4. The molecule has 0 heterocycles. The van der Waals surface area contributed by atoms with Crippen LogP contribution in [0, 0.1) is 0 Å². The number of benzene rings is 2. The summed E-state index contributed by atoms with van der Waals surface area (Å²) in [5, 5.41) is 2.95. The molecule has 0 aliphatic heterocycles. The molecule has 2 aromatic carbocycles. The smallest absolute Gasteiger partial charge is 0.242 e. The van der Waals surface area contributed by atoms with Gasteiger partial charge in [0.15, 0.2) is 0 Å². The van der Waals surface area contributed by atoms with Gasteiger partial charge in [0.2, 0.25) is 11.8 Å². The van der Waals surface area contributed by atoms with Gasteiger partial charge >= 0.3 is 0 Å². The van der Waals surface area contributed by atoms with Crippen LogP contribution in [-0.2, 0) is 21.9 Å². The predicted molar refractivity (Wildman–Crippen MR) is 128 cm³/mol. The van der Waals surface area contributed by atoms with E-state index in [-0.39, 0.29) is 11.8 Å². The Morgan fingerprint density at radius 2 is 1.84 bits per heavy atom. The third-order valence-electron chi connectivity index (χ3n) is 5.06. The standard InChI is InChI=1S/C25H34N2O3S/c1-4-5-15-26-25(29)20(2)27(18-22-12-9-13-23(17-22)30-3)24(28)14-16-31-19-21-10-7-6-8-11-21/h6-13,17,20H,4-5,14-16,18-19H2,1-3H3,(H,26,29)/t20-/m0/s1. The van der Waals surface area contributed by atoms with E-state index in [4.69, 9.17) is 4.74 Å². The first-order chi connectivity index (χ1) is 15.0. The highest BCUT2D eigenvalue weighted by Crippen LogP contribution is 2.18. The fourth-order valence-corrected chi connectivity index (χ4v) is 4.05. The molecule has 31 heavy (non-hydrogen) atoms. The third kappa shape index (κ3) is 8.66. The van der Waals surface area contributed by atoms with Crippen molar-refractivity contribution < 1.29 is 14.3 Å². The molecule has 0 fully saturated rings. The highest BCUT2D eigenvalue weighted by Gasteiger charge is 2.25. The van der Waals surface area contributed by atoms with E-state index in [9.17, 15) is 9.59 Å². The van der Waals surface area contributed by atoms with E-state index < -0.39 is 6.04 Å². The van der Waals surface area contributed by atoms with Gasteiger partial charge in [-0.05, 0) is 36.6 Å². The maximum absolute atomic E-state index is 13.1. The van der Waals surface area contributed by atoms with Gasteiger partial charge in [0.1, 0.15) is 11.8 Å². The number of unbranched alkanes of at least 4 members (excludes halogenated alkanes) is 1. The topological polar surface area (TPSA) is 58.6 Å². The first kappa shape index (κ1) is 24.8. The summed E-state index contributed by atoms with van der Waals surface area (Å²) in [6, 6.07) is 17.3. The molecule has 0 saturated carbocycles. The normalized spacial score (nSPS) is 11.6. The zero-order chi connectivity index (χ0) is 22.5. The Balaban J connectivity index is 2.00. The molecule has 2 rings (SSSR count). The molecule has 5 nitrogen and oxygen atoms in total. The Bertz CT molecular complexity index is 813. The molecule has 6 heteroatoms. The lowest BCUT2D eigenvalue weighted by molar-refractivity contribution is -0.140. The van der Waals surface area contributed by atoms with Crippen LogP contribution in [0.1, 0.15) is 44.2 Å². The predicted octanol–water partition coefficient (Wildman–Crippen LogP) is 4.65. The number of carbonyl (C=O) groups excluding carboxylic acids is 2. The maximum Gasteiger partial charge on any atom is 0.242 e. The lowest BCUT2D eigenvalue weighted by atomic mass is 10.1. The van der Waals surface area contributed by atoms with Crippen LogP contribution >= 0.6 is 11.8 Å². The second-order valence-electron chi connectivity index (χ2n) is 7.48. The van der Waals surface area contributed by atoms with Gasteiger partial charge in [0.05, 0.1) is 7.11 Å². The monoisotopic (exact) mass is 442 g/mol. The molecule has 0 radical (unpaired) electrons. The van der Waals surface area contributed by atoms with E-state index in [1.807, 2.05) is 42.5 Å². The highest BCUT2D eigenvalue weighted by atomic mass is 32.2. The van der Waals surface area contributed by atoms with Crippen molar-refractivity contribution in [1.29, 1.82) is 0 Å². The van der Waals surface area contributed by atoms with Gasteiger partial charge in [-0.25, -0.2) is 0 Å². The number of hydrogen-bond donors (Lipinski definition) is 1. The molecule has 0 aromatic heterocycles. The van der Waals surface area contributed by atoms with Crippen LogP contribution in [0.5, 0.6) is 5.75 Å². The lowest BCUT2D eigenvalue weighted by Gasteiger charge is -2.29. The minimum absolute atomic E-state index is 0.0125. The number of methoxy groups -OCH3 is 1. The van der Waals surface area contributed by atoms with E-state index in [1.165, 1.54) is 5.56 Å². The summed E-state index contributed by atoms with van der Waals surface area (Å²) in [5.41, 5.74) is 2.19. The summed E-state index contributed by atoms with van der Waals surface area (Å²) in [5.74, 6) is 2.20. The van der Waals surface area contributed by atoms with Crippen LogP contribution in [-0.4, -0.2) is 42.2 Å². The van der Waals surface area contributed by atoms with Gasteiger partial charge in [0, 0.05) is 31.0 Å². The van der Waals surface area contributed by atoms with Crippen LogP contribution in [0.25, 0.3) is 0 Å². The Hall–Kier alpha value is -2.47. The number of carbonyl (C=O) groups is 2. The van der Waals surface area contributed by atoms with Crippen molar-refractivity contribution in [1.82, 2.24) is 10.2 Å². The Morgan fingerprint density at radius 3 is 2.55 bits per heavy atom. The van der Waals surface area contributed by atoms with Gasteiger partial charge in [-0.1, -0.05) is 55.8 Å². The SMILES string of the molecule is CCCCNC(=O)[C@H](C)N(Cc1cccc(OC)c1)C(=O)CCSCc1ccccc1. The minimum atomic E-state index is -0.533. The van der Waals surface area contributed by atoms with Crippen LogP contribution < -0.4 is 10.1 Å². The fraction of sp³-hybridized carbons (Fsp3) is 0.440. The number of ether oxygens (including phenoxy) is 1. The number of amides is 2. The molecule has 0 spiro atoms. The molecule has 0 aliphatic carbocycles. The molecule has 2 amide bonds. The molecule has 1 atom stereocenters. The summed E-state index contributed by atoms with van der Waals surface area (Å²) in [6.45, 7) is 4.90. The molecule has 1 N–H and O–H groups in total. The lowest BCUT2D eigenvalue weighted by Crippen LogP contribution is -2.47. The van der Waals surface area contributed by atoms with E-state index >= 15 is 0 Å². The van der Waals surface area contributed by atoms with E-state index in [1.54, 1.807) is 30.7 Å². The van der Waals surface area contributed by atoms with E-state index in [2.05, 4.69) is 24.4 Å². The quantitative estimate of drug-likeness (QED) is 0.459. The van der Waals surface area contributed by atoms with Gasteiger partial charge in [-0.15, -0.1) is 0 Å². The largest absolute Gasteiger partial charge is 0.497 e. The first-order valence-corrected chi connectivity index (χ1v) is 12.0. The van der Waals surface area contributed by atoms with E-state index in [0.29, 0.717) is 25.3 Å². The molecule has 2 aromatic rings. The molecular formula is C25H34N2O3S. The second-order valence-corrected chi connectivity index (χ2v) is 8.59. The average Bonchev–Trinajstić information content (AvgIpc) is 2.80. The van der Waals surface area contributed by atoms with E-state index in [0.717, 1.165) is 29.9 Å². The van der Waals surface area contributed by atoms with Crippen LogP contribution in [0.3, 0.4) is 0 Å². The van der Waals surface area contributed by atoms with Crippen LogP contribution in [0.15, 0.2) is 54.6 Å². The third-order valence-corrected chi connectivity index (χ3v) is 6.09. The first-order valence-electron chi connectivity index (χ1n) is 10.9. The molecule has 0 aliphatic rings. The average molecular weight is 443 g/mol. The van der Waals surface area contributed by atoms with Crippen molar-refractivity contribution in [3.8, 4) is 5.75 Å². The Kier molecular flexibility index (Phi) is 11.0. The molecule has 168 valence electrons. The second kappa shape index (κ2) is 13.8. The van der Waals surface area contributed by atoms with Crippen molar-refractivity contribution in [2.75, 3.05) is 19.4 Å². The number of hydrogen-bond acceptors (Lipinski definition) is 4. The van der Waals surface area contributed by atoms with Crippen molar-refractivity contribution in [3.05, 3.63) is 65.7 Å². The summed E-state index contributed by atoms with van der Waals surface area (Å²) in [7, 11) is 1.62. The number of rotatable bonds is 13. The Labute approximate surface area is 190 Å². The van der Waals surface area contributed by atoms with Gasteiger partial charge < -0.3 is 15.0 Å². The van der Waals surface area contributed by atoms with Crippen LogP contribution in [0.4, 0.5) is 0 Å². The highest BCUT2D eigenvalue weighted by molar-refractivity contribution is 7.98. The molecule has 0 unspecified atom stereocenters. The number of nitrogens with one attached hydrogen (secondary N) is 1. The van der Waals surface area contributed by atoms with Gasteiger partial charge in [-0.2, -0.15) is 11.8 Å². The summed E-state index contributed by atoms with van der Waals surface area (Å²) >= 11 is 1.73. The summed E-state index contributed by atoms with van der Waals surface area (Å²) in [6.07, 6.45) is 2.34. The van der Waals surface area contributed by atoms with Gasteiger partial charge in [-0.3, -0.25) is 9.59 Å². The zero-order valence-electron chi connectivity index (χ0n) is 18.8. The summed E-state index contributed by atoms with van der Waals surface area (Å²) < 4.78 is 5.31. The van der Waals surface area contributed by atoms with Crippen molar-refractivity contribution in [2.45, 2.75) is 51.4 Å². The van der Waals surface area contributed by atoms with Crippen molar-refractivity contribution >= 4 is 23.6 Å². The minimum Gasteiger partial charge on any atom is -0.497 e.